The molecule has 0 bridgehead atoms. The molecule has 2 aromatic heterocycles. The zero-order valence-corrected chi connectivity index (χ0v) is 16.2. The third kappa shape index (κ3) is 3.11. The van der Waals surface area contributed by atoms with Crippen molar-refractivity contribution < 1.29 is 0 Å². The van der Waals surface area contributed by atoms with E-state index in [9.17, 15) is 0 Å². The van der Waals surface area contributed by atoms with E-state index in [1.807, 2.05) is 29.1 Å². The first-order valence-corrected chi connectivity index (χ1v) is 10.0. The highest BCUT2D eigenvalue weighted by Gasteiger charge is 2.23. The number of aromatic nitrogens is 4. The quantitative estimate of drug-likeness (QED) is 0.759. The molecule has 1 aromatic carbocycles. The third-order valence-electron chi connectivity index (χ3n) is 5.63. The van der Waals surface area contributed by atoms with Gasteiger partial charge in [0.2, 0.25) is 5.95 Å². The minimum Gasteiger partial charge on any atom is -0.368 e. The SMILES string of the molecule is CCN1CCN(c2ncc3c(n2)-c2cn(-c4ccccc4)nc2NCC3)CC1. The van der Waals surface area contributed by atoms with Crippen LogP contribution < -0.4 is 10.2 Å². The van der Waals surface area contributed by atoms with Gasteiger partial charge in [0.05, 0.1) is 16.9 Å². The summed E-state index contributed by atoms with van der Waals surface area (Å²) in [5.74, 6) is 1.72. The summed E-state index contributed by atoms with van der Waals surface area (Å²) in [6.07, 6.45) is 4.98. The number of nitrogens with one attached hydrogen (secondary N) is 1. The molecule has 1 N–H and O–H groups in total. The van der Waals surface area contributed by atoms with Crippen molar-refractivity contribution in [1.82, 2.24) is 24.6 Å². The van der Waals surface area contributed by atoms with Gasteiger partial charge in [0.25, 0.3) is 0 Å². The first kappa shape index (κ1) is 17.2. The molecule has 0 unspecified atom stereocenters. The minimum atomic E-state index is 0.829. The van der Waals surface area contributed by atoms with Gasteiger partial charge in [-0.1, -0.05) is 25.1 Å². The zero-order valence-electron chi connectivity index (χ0n) is 16.2. The molecule has 0 atom stereocenters. The predicted molar refractivity (Wildman–Crippen MR) is 111 cm³/mol. The Morgan fingerprint density at radius 3 is 2.68 bits per heavy atom. The molecule has 0 saturated carbocycles. The number of fused-ring (bicyclic) bond motifs is 3. The highest BCUT2D eigenvalue weighted by molar-refractivity contribution is 5.76. The Labute approximate surface area is 165 Å². The molecule has 28 heavy (non-hydrogen) atoms. The van der Waals surface area contributed by atoms with E-state index in [0.717, 1.165) is 74.4 Å². The Morgan fingerprint density at radius 2 is 1.89 bits per heavy atom. The van der Waals surface area contributed by atoms with Gasteiger partial charge < -0.3 is 15.1 Å². The third-order valence-corrected chi connectivity index (χ3v) is 5.63. The van der Waals surface area contributed by atoms with Crippen LogP contribution in [0, 0.1) is 0 Å². The maximum Gasteiger partial charge on any atom is 0.225 e. The fraction of sp³-hybridized carbons (Fsp3) is 0.381. The summed E-state index contributed by atoms with van der Waals surface area (Å²) in [7, 11) is 0. The highest BCUT2D eigenvalue weighted by atomic mass is 15.3. The summed E-state index contributed by atoms with van der Waals surface area (Å²) in [6, 6.07) is 10.2. The molecule has 2 aliphatic rings. The lowest BCUT2D eigenvalue weighted by molar-refractivity contribution is 0.270. The van der Waals surface area contributed by atoms with Crippen LogP contribution in [-0.2, 0) is 6.42 Å². The molecule has 1 fully saturated rings. The average Bonchev–Trinajstić information content (AvgIpc) is 3.11. The number of benzene rings is 1. The van der Waals surface area contributed by atoms with E-state index < -0.39 is 0 Å². The Hall–Kier alpha value is -2.93. The molecule has 7 nitrogen and oxygen atoms in total. The van der Waals surface area contributed by atoms with Gasteiger partial charge in [-0.25, -0.2) is 14.6 Å². The average molecular weight is 375 g/mol. The van der Waals surface area contributed by atoms with Crippen LogP contribution in [0.4, 0.5) is 11.8 Å². The van der Waals surface area contributed by atoms with Crippen LogP contribution in [-0.4, -0.2) is 63.9 Å². The molecule has 144 valence electrons. The second-order valence-corrected chi connectivity index (χ2v) is 7.31. The molecule has 2 aliphatic heterocycles. The molecule has 5 rings (SSSR count). The van der Waals surface area contributed by atoms with E-state index in [2.05, 4.69) is 45.4 Å². The Morgan fingerprint density at radius 1 is 1.07 bits per heavy atom. The lowest BCUT2D eigenvalue weighted by atomic mass is 10.1. The molecule has 3 aromatic rings. The van der Waals surface area contributed by atoms with Crippen molar-refractivity contribution in [3.63, 3.8) is 0 Å². The van der Waals surface area contributed by atoms with Crippen molar-refractivity contribution in [2.24, 2.45) is 0 Å². The van der Waals surface area contributed by atoms with Crippen LogP contribution in [0.2, 0.25) is 0 Å². The molecule has 0 amide bonds. The van der Waals surface area contributed by atoms with Crippen LogP contribution in [0.5, 0.6) is 0 Å². The standard InChI is InChI=1S/C21H25N7/c1-2-26-10-12-27(13-11-26)21-23-14-16-8-9-22-20-18(19(16)24-21)15-28(25-20)17-6-4-3-5-7-17/h3-7,14-15H,2,8-13H2,1H3,(H,22,25). The number of nitrogens with zero attached hydrogens (tertiary/aromatic N) is 6. The first-order chi connectivity index (χ1) is 13.8. The van der Waals surface area contributed by atoms with Crippen molar-refractivity contribution in [3.05, 3.63) is 48.3 Å². The molecule has 0 radical (unpaired) electrons. The van der Waals surface area contributed by atoms with Crippen LogP contribution in [0.15, 0.2) is 42.7 Å². The number of anilines is 2. The second kappa shape index (κ2) is 7.24. The number of para-hydroxylation sites is 1. The van der Waals surface area contributed by atoms with Gasteiger partial charge in [-0.3, -0.25) is 0 Å². The molecule has 4 heterocycles. The molecule has 0 aliphatic carbocycles. The van der Waals surface area contributed by atoms with E-state index in [-0.39, 0.29) is 0 Å². The van der Waals surface area contributed by atoms with E-state index in [1.54, 1.807) is 0 Å². The normalized spacial score (nSPS) is 16.8. The van der Waals surface area contributed by atoms with Gasteiger partial charge in [-0.2, -0.15) is 0 Å². The molecule has 1 saturated heterocycles. The van der Waals surface area contributed by atoms with Gasteiger partial charge >= 0.3 is 0 Å². The van der Waals surface area contributed by atoms with E-state index in [0.29, 0.717) is 0 Å². The van der Waals surface area contributed by atoms with E-state index in [4.69, 9.17) is 10.1 Å². The van der Waals surface area contributed by atoms with Crippen LogP contribution in [0.3, 0.4) is 0 Å². The molecular weight excluding hydrogens is 350 g/mol. The lowest BCUT2D eigenvalue weighted by Gasteiger charge is -2.34. The Kier molecular flexibility index (Phi) is 4.44. The Balaban J connectivity index is 1.51. The van der Waals surface area contributed by atoms with Gasteiger partial charge in [0.1, 0.15) is 0 Å². The highest BCUT2D eigenvalue weighted by Crippen LogP contribution is 2.33. The first-order valence-electron chi connectivity index (χ1n) is 10.0. The fourth-order valence-electron chi connectivity index (χ4n) is 3.94. The van der Waals surface area contributed by atoms with E-state index in [1.165, 1.54) is 5.56 Å². The van der Waals surface area contributed by atoms with Gasteiger partial charge in [0.15, 0.2) is 5.82 Å². The van der Waals surface area contributed by atoms with Crippen LogP contribution in [0.25, 0.3) is 16.9 Å². The minimum absolute atomic E-state index is 0.829. The van der Waals surface area contributed by atoms with Gasteiger partial charge in [-0.05, 0) is 30.7 Å². The molecular formula is C21H25N7. The second-order valence-electron chi connectivity index (χ2n) is 7.31. The monoisotopic (exact) mass is 375 g/mol. The zero-order chi connectivity index (χ0) is 18.9. The summed E-state index contributed by atoms with van der Waals surface area (Å²) < 4.78 is 1.93. The summed E-state index contributed by atoms with van der Waals surface area (Å²) >= 11 is 0. The Bertz CT molecular complexity index is 958. The van der Waals surface area contributed by atoms with Crippen molar-refractivity contribution in [1.29, 1.82) is 0 Å². The molecule has 7 heteroatoms. The van der Waals surface area contributed by atoms with Crippen LogP contribution in [0.1, 0.15) is 12.5 Å². The van der Waals surface area contributed by atoms with Crippen molar-refractivity contribution >= 4 is 11.8 Å². The van der Waals surface area contributed by atoms with E-state index >= 15 is 0 Å². The number of piperazine rings is 1. The molecule has 0 spiro atoms. The van der Waals surface area contributed by atoms with Crippen molar-refractivity contribution in [2.75, 3.05) is 49.5 Å². The van der Waals surface area contributed by atoms with Crippen molar-refractivity contribution in [2.45, 2.75) is 13.3 Å². The summed E-state index contributed by atoms with van der Waals surface area (Å²) in [5, 5.41) is 8.22. The number of rotatable bonds is 3. The number of likely N-dealkylation sites (N-methyl/N-ethyl adjacent to an activating group) is 1. The van der Waals surface area contributed by atoms with Gasteiger partial charge in [0, 0.05) is 45.1 Å². The maximum atomic E-state index is 5.00. The smallest absolute Gasteiger partial charge is 0.225 e. The van der Waals surface area contributed by atoms with Crippen LogP contribution >= 0.6 is 0 Å². The number of hydrogen-bond acceptors (Lipinski definition) is 6. The predicted octanol–water partition coefficient (Wildman–Crippen LogP) is 2.44. The summed E-state index contributed by atoms with van der Waals surface area (Å²) in [6.45, 7) is 8.23. The lowest BCUT2D eigenvalue weighted by Crippen LogP contribution is -2.46. The largest absolute Gasteiger partial charge is 0.368 e. The topological polar surface area (TPSA) is 62.1 Å². The fourth-order valence-corrected chi connectivity index (χ4v) is 3.94. The maximum absolute atomic E-state index is 5.00. The summed E-state index contributed by atoms with van der Waals surface area (Å²) in [4.78, 5) is 14.4. The van der Waals surface area contributed by atoms with Crippen molar-refractivity contribution in [3.8, 4) is 16.9 Å². The summed E-state index contributed by atoms with van der Waals surface area (Å²) in [5.41, 5.74) is 4.27. The van der Waals surface area contributed by atoms with Gasteiger partial charge in [-0.15, -0.1) is 5.10 Å². The number of hydrogen-bond donors (Lipinski definition) is 1.